The SMILES string of the molecule is CC(N)CC(C)CNC(O)C(C)C. The van der Waals surface area contributed by atoms with E-state index in [1.165, 1.54) is 0 Å². The Bertz CT molecular complexity index is 126. The van der Waals surface area contributed by atoms with Crippen molar-refractivity contribution in [3.05, 3.63) is 0 Å². The summed E-state index contributed by atoms with van der Waals surface area (Å²) in [6.45, 7) is 8.97. The Morgan fingerprint density at radius 2 is 1.77 bits per heavy atom. The van der Waals surface area contributed by atoms with Gasteiger partial charge in [0.05, 0.1) is 0 Å². The van der Waals surface area contributed by atoms with Gasteiger partial charge < -0.3 is 10.8 Å². The van der Waals surface area contributed by atoms with E-state index in [0.29, 0.717) is 5.92 Å². The van der Waals surface area contributed by atoms with Gasteiger partial charge in [-0.15, -0.1) is 0 Å². The van der Waals surface area contributed by atoms with Crippen molar-refractivity contribution < 1.29 is 5.11 Å². The van der Waals surface area contributed by atoms with Crippen LogP contribution in [0.3, 0.4) is 0 Å². The van der Waals surface area contributed by atoms with E-state index in [4.69, 9.17) is 5.73 Å². The van der Waals surface area contributed by atoms with Crippen molar-refractivity contribution in [2.24, 2.45) is 17.6 Å². The van der Waals surface area contributed by atoms with E-state index in [1.807, 2.05) is 20.8 Å². The minimum Gasteiger partial charge on any atom is -0.378 e. The van der Waals surface area contributed by atoms with Gasteiger partial charge in [0.25, 0.3) is 0 Å². The van der Waals surface area contributed by atoms with E-state index >= 15 is 0 Å². The second kappa shape index (κ2) is 6.35. The number of hydrogen-bond acceptors (Lipinski definition) is 3. The molecule has 0 spiro atoms. The van der Waals surface area contributed by atoms with Gasteiger partial charge in [-0.25, -0.2) is 0 Å². The highest BCUT2D eigenvalue weighted by Gasteiger charge is 2.10. The van der Waals surface area contributed by atoms with Gasteiger partial charge >= 0.3 is 0 Å². The molecule has 0 radical (unpaired) electrons. The van der Waals surface area contributed by atoms with Crippen LogP contribution in [0.4, 0.5) is 0 Å². The summed E-state index contributed by atoms with van der Waals surface area (Å²) in [5.74, 6) is 0.788. The first-order chi connectivity index (χ1) is 5.93. The third kappa shape index (κ3) is 6.99. The van der Waals surface area contributed by atoms with Crippen LogP contribution in [0.2, 0.25) is 0 Å². The number of nitrogens with two attached hydrogens (primary N) is 1. The third-order valence-corrected chi connectivity index (χ3v) is 2.08. The molecule has 0 fully saturated rings. The normalized spacial score (nSPS) is 18.7. The van der Waals surface area contributed by atoms with Gasteiger partial charge in [-0.2, -0.15) is 0 Å². The zero-order valence-electron chi connectivity index (χ0n) is 9.25. The van der Waals surface area contributed by atoms with E-state index in [0.717, 1.165) is 13.0 Å². The van der Waals surface area contributed by atoms with E-state index in [-0.39, 0.29) is 12.0 Å². The van der Waals surface area contributed by atoms with E-state index < -0.39 is 6.23 Å². The van der Waals surface area contributed by atoms with Crippen LogP contribution in [0.25, 0.3) is 0 Å². The van der Waals surface area contributed by atoms with Crippen molar-refractivity contribution in [2.45, 2.75) is 46.4 Å². The number of hydrogen-bond donors (Lipinski definition) is 3. The molecule has 3 nitrogen and oxygen atoms in total. The van der Waals surface area contributed by atoms with Crippen molar-refractivity contribution >= 4 is 0 Å². The molecule has 80 valence electrons. The predicted molar refractivity (Wildman–Crippen MR) is 56.3 cm³/mol. The molecule has 4 N–H and O–H groups in total. The summed E-state index contributed by atoms with van der Waals surface area (Å²) in [6, 6.07) is 0.244. The summed E-state index contributed by atoms with van der Waals surface area (Å²) in [7, 11) is 0. The Labute approximate surface area is 81.7 Å². The maximum absolute atomic E-state index is 9.47. The second-order valence-electron chi connectivity index (χ2n) is 4.42. The number of rotatable bonds is 6. The standard InChI is InChI=1S/C10H24N2O/c1-7(2)10(13)12-6-8(3)5-9(4)11/h7-10,12-13H,5-6,11H2,1-4H3. The smallest absolute Gasteiger partial charge is 0.107 e. The number of aliphatic hydroxyl groups excluding tert-OH is 1. The lowest BCUT2D eigenvalue weighted by Gasteiger charge is -2.20. The fourth-order valence-corrected chi connectivity index (χ4v) is 1.28. The molecule has 3 atom stereocenters. The molecule has 0 aromatic rings. The zero-order valence-corrected chi connectivity index (χ0v) is 9.25. The van der Waals surface area contributed by atoms with Crippen molar-refractivity contribution in [1.29, 1.82) is 0 Å². The average Bonchev–Trinajstić information content (AvgIpc) is 1.98. The topological polar surface area (TPSA) is 58.3 Å². The highest BCUT2D eigenvalue weighted by atomic mass is 16.3. The van der Waals surface area contributed by atoms with Crippen molar-refractivity contribution in [2.75, 3.05) is 6.54 Å². The molecule has 0 bridgehead atoms. The molecule has 0 aliphatic rings. The maximum Gasteiger partial charge on any atom is 0.107 e. The average molecular weight is 188 g/mol. The Balaban J connectivity index is 3.51. The molecule has 13 heavy (non-hydrogen) atoms. The minimum atomic E-state index is -0.393. The number of aliphatic hydroxyl groups is 1. The zero-order chi connectivity index (χ0) is 10.4. The summed E-state index contributed by atoms with van der Waals surface area (Å²) in [5, 5.41) is 12.6. The van der Waals surface area contributed by atoms with E-state index in [9.17, 15) is 5.11 Å². The van der Waals surface area contributed by atoms with Crippen LogP contribution in [-0.4, -0.2) is 23.9 Å². The van der Waals surface area contributed by atoms with Crippen molar-refractivity contribution in [3.63, 3.8) is 0 Å². The first-order valence-electron chi connectivity index (χ1n) is 5.10. The summed E-state index contributed by atoms with van der Waals surface area (Å²) in [6.07, 6.45) is 0.605. The van der Waals surface area contributed by atoms with Gasteiger partial charge in [0.2, 0.25) is 0 Å². The van der Waals surface area contributed by atoms with Crippen molar-refractivity contribution in [3.8, 4) is 0 Å². The van der Waals surface area contributed by atoms with Crippen LogP contribution < -0.4 is 11.1 Å². The summed E-state index contributed by atoms with van der Waals surface area (Å²) in [4.78, 5) is 0. The minimum absolute atomic E-state index is 0.244. The molecule has 0 heterocycles. The first kappa shape index (κ1) is 12.9. The molecule has 3 unspecified atom stereocenters. The van der Waals surface area contributed by atoms with E-state index in [2.05, 4.69) is 12.2 Å². The molecular formula is C10H24N2O. The van der Waals surface area contributed by atoms with Crippen LogP contribution in [0.15, 0.2) is 0 Å². The van der Waals surface area contributed by atoms with Crippen LogP contribution >= 0.6 is 0 Å². The largest absolute Gasteiger partial charge is 0.378 e. The molecule has 0 saturated heterocycles. The molecular weight excluding hydrogens is 164 g/mol. The fourth-order valence-electron chi connectivity index (χ4n) is 1.28. The van der Waals surface area contributed by atoms with Crippen LogP contribution in [0.1, 0.15) is 34.1 Å². The van der Waals surface area contributed by atoms with Crippen LogP contribution in [-0.2, 0) is 0 Å². The second-order valence-corrected chi connectivity index (χ2v) is 4.42. The molecule has 0 aromatic carbocycles. The van der Waals surface area contributed by atoms with Gasteiger partial charge in [0.15, 0.2) is 0 Å². The molecule has 0 saturated carbocycles. The molecule has 0 rings (SSSR count). The van der Waals surface area contributed by atoms with Crippen LogP contribution in [0.5, 0.6) is 0 Å². The van der Waals surface area contributed by atoms with Gasteiger partial charge in [-0.3, -0.25) is 5.32 Å². The Kier molecular flexibility index (Phi) is 6.29. The van der Waals surface area contributed by atoms with Crippen molar-refractivity contribution in [1.82, 2.24) is 5.32 Å². The quantitative estimate of drug-likeness (QED) is 0.543. The van der Waals surface area contributed by atoms with E-state index in [1.54, 1.807) is 0 Å². The summed E-state index contributed by atoms with van der Waals surface area (Å²) in [5.41, 5.74) is 5.67. The molecule has 0 aliphatic carbocycles. The maximum atomic E-state index is 9.47. The Morgan fingerprint density at radius 3 is 2.15 bits per heavy atom. The summed E-state index contributed by atoms with van der Waals surface area (Å²) >= 11 is 0. The summed E-state index contributed by atoms with van der Waals surface area (Å²) < 4.78 is 0. The molecule has 3 heteroatoms. The molecule has 0 amide bonds. The fraction of sp³-hybridized carbons (Fsp3) is 1.00. The van der Waals surface area contributed by atoms with Gasteiger partial charge in [-0.05, 0) is 25.2 Å². The van der Waals surface area contributed by atoms with Gasteiger partial charge in [0.1, 0.15) is 6.23 Å². The lowest BCUT2D eigenvalue weighted by molar-refractivity contribution is 0.0859. The third-order valence-electron chi connectivity index (χ3n) is 2.08. The van der Waals surface area contributed by atoms with Crippen LogP contribution in [0, 0.1) is 11.8 Å². The Hall–Kier alpha value is -0.120. The Morgan fingerprint density at radius 1 is 1.23 bits per heavy atom. The lowest BCUT2D eigenvalue weighted by atomic mass is 10.0. The van der Waals surface area contributed by atoms with Gasteiger partial charge in [-0.1, -0.05) is 20.8 Å². The lowest BCUT2D eigenvalue weighted by Crippen LogP contribution is -2.37. The molecule has 0 aromatic heterocycles. The predicted octanol–water partition coefficient (Wildman–Crippen LogP) is 0.924. The molecule has 0 aliphatic heterocycles. The highest BCUT2D eigenvalue weighted by molar-refractivity contribution is 4.65. The number of nitrogens with one attached hydrogen (secondary N) is 1. The highest BCUT2D eigenvalue weighted by Crippen LogP contribution is 2.04. The monoisotopic (exact) mass is 188 g/mol. The first-order valence-corrected chi connectivity index (χ1v) is 5.10. The van der Waals surface area contributed by atoms with Gasteiger partial charge in [0, 0.05) is 12.6 Å².